The van der Waals surface area contributed by atoms with Gasteiger partial charge in [0, 0.05) is 44.1 Å². The first-order valence-electron chi connectivity index (χ1n) is 6.60. The lowest BCUT2D eigenvalue weighted by Crippen LogP contribution is -2.46. The Morgan fingerprint density at radius 1 is 1.35 bits per heavy atom. The summed E-state index contributed by atoms with van der Waals surface area (Å²) < 4.78 is 17.0. The van der Waals surface area contributed by atoms with Crippen LogP contribution in [0.3, 0.4) is 0 Å². The molecule has 0 aromatic heterocycles. The van der Waals surface area contributed by atoms with Crippen molar-refractivity contribution >= 4 is 21.7 Å². The first-order chi connectivity index (χ1) is 9.61. The van der Waals surface area contributed by atoms with E-state index in [2.05, 4.69) is 15.9 Å². The molecule has 0 atom stereocenters. The highest BCUT2D eigenvalue weighted by atomic mass is 79.9. The monoisotopic (exact) mass is 342 g/mol. The van der Waals surface area contributed by atoms with Crippen LogP contribution in [-0.4, -0.2) is 38.8 Å². The average Bonchev–Trinajstić information content (AvgIpc) is 2.50. The van der Waals surface area contributed by atoms with Gasteiger partial charge in [0.2, 0.25) is 0 Å². The molecule has 1 aromatic carbocycles. The molecular formula is C15H19BrO4. The molecule has 1 aromatic rings. The average molecular weight is 343 g/mol. The third-order valence-electron chi connectivity index (χ3n) is 3.80. The van der Waals surface area contributed by atoms with E-state index in [-0.39, 0.29) is 5.78 Å². The van der Waals surface area contributed by atoms with Gasteiger partial charge in [-0.05, 0) is 23.8 Å². The maximum absolute atomic E-state index is 12.6. The number of benzene rings is 1. The molecule has 0 amide bonds. The number of halogens is 1. The van der Waals surface area contributed by atoms with Crippen LogP contribution in [0.2, 0.25) is 0 Å². The van der Waals surface area contributed by atoms with Crippen molar-refractivity contribution in [1.29, 1.82) is 0 Å². The van der Waals surface area contributed by atoms with Crippen LogP contribution < -0.4 is 4.74 Å². The van der Waals surface area contributed by atoms with Gasteiger partial charge in [-0.1, -0.05) is 15.9 Å². The summed E-state index contributed by atoms with van der Waals surface area (Å²) in [5.41, 5.74) is 0.207. The Kier molecular flexibility index (Phi) is 5.18. The summed E-state index contributed by atoms with van der Waals surface area (Å²) >= 11 is 3.48. The zero-order valence-corrected chi connectivity index (χ0v) is 13.4. The van der Waals surface area contributed by atoms with E-state index in [9.17, 15) is 4.79 Å². The summed E-state index contributed by atoms with van der Waals surface area (Å²) in [4.78, 5) is 12.6. The first-order valence-corrected chi connectivity index (χ1v) is 7.39. The number of carbonyl (C=O) groups excluding carboxylic acids is 1. The number of Topliss-reactive ketones (excluding diaryl/α,β-unsaturated/α-hetero) is 1. The minimum atomic E-state index is -0.708. The lowest BCUT2D eigenvalue weighted by molar-refractivity contribution is -0.151. The molecule has 0 saturated carbocycles. The molecule has 0 N–H and O–H groups in total. The summed E-state index contributed by atoms with van der Waals surface area (Å²) in [6, 6.07) is 5.63. The number of ether oxygens (including phenoxy) is 3. The molecule has 0 bridgehead atoms. The largest absolute Gasteiger partial charge is 0.497 e. The number of hydrogen-bond donors (Lipinski definition) is 0. The molecule has 2 rings (SSSR count). The van der Waals surface area contributed by atoms with Gasteiger partial charge in [-0.25, -0.2) is 0 Å². The van der Waals surface area contributed by atoms with Gasteiger partial charge >= 0.3 is 0 Å². The van der Waals surface area contributed by atoms with Crippen molar-refractivity contribution in [2.24, 2.45) is 0 Å². The summed E-state index contributed by atoms with van der Waals surface area (Å²) in [6.45, 7) is 1.14. The van der Waals surface area contributed by atoms with Crippen LogP contribution >= 0.6 is 15.9 Å². The van der Waals surface area contributed by atoms with E-state index in [0.29, 0.717) is 32.5 Å². The minimum absolute atomic E-state index is 0.0947. The van der Waals surface area contributed by atoms with E-state index in [1.54, 1.807) is 14.2 Å². The van der Waals surface area contributed by atoms with Gasteiger partial charge in [-0.3, -0.25) is 4.79 Å². The predicted molar refractivity (Wildman–Crippen MR) is 79.2 cm³/mol. The molecule has 1 aliphatic heterocycles. The fraction of sp³-hybridized carbons (Fsp3) is 0.533. The fourth-order valence-corrected chi connectivity index (χ4v) is 2.83. The van der Waals surface area contributed by atoms with Crippen molar-refractivity contribution in [2.45, 2.75) is 24.9 Å². The van der Waals surface area contributed by atoms with Gasteiger partial charge in [0.1, 0.15) is 11.4 Å². The quantitative estimate of drug-likeness (QED) is 0.825. The van der Waals surface area contributed by atoms with E-state index < -0.39 is 5.60 Å². The number of ketones is 1. The van der Waals surface area contributed by atoms with Crippen LogP contribution in [0.15, 0.2) is 22.7 Å². The normalized spacial score (nSPS) is 17.8. The van der Waals surface area contributed by atoms with Crippen LogP contribution in [0.5, 0.6) is 5.75 Å². The summed E-state index contributed by atoms with van der Waals surface area (Å²) in [5.74, 6) is 0.840. The second kappa shape index (κ2) is 6.70. The van der Waals surface area contributed by atoms with Crippen molar-refractivity contribution in [1.82, 2.24) is 0 Å². The molecule has 0 aliphatic carbocycles. The molecule has 4 nitrogen and oxygen atoms in total. The highest BCUT2D eigenvalue weighted by molar-refractivity contribution is 9.10. The van der Waals surface area contributed by atoms with E-state index in [1.165, 1.54) is 0 Å². The Balaban J connectivity index is 2.18. The first kappa shape index (κ1) is 15.5. The van der Waals surface area contributed by atoms with Gasteiger partial charge in [-0.15, -0.1) is 0 Å². The molecule has 0 radical (unpaired) electrons. The number of carbonyl (C=O) groups is 1. The molecule has 1 saturated heterocycles. The fourth-order valence-electron chi connectivity index (χ4n) is 2.45. The molecule has 20 heavy (non-hydrogen) atoms. The Labute approximate surface area is 127 Å². The third-order valence-corrected chi connectivity index (χ3v) is 4.58. The molecule has 1 aliphatic rings. The number of methoxy groups -OCH3 is 2. The lowest BCUT2D eigenvalue weighted by atomic mass is 9.86. The summed E-state index contributed by atoms with van der Waals surface area (Å²) in [6.07, 6.45) is 1.56. The Hall–Kier alpha value is -0.910. The van der Waals surface area contributed by atoms with Crippen LogP contribution in [0, 0.1) is 0 Å². The SMILES string of the molecule is COc1ccc(Br)c(CC(=O)C2(OC)CCOCC2)c1. The van der Waals surface area contributed by atoms with Crippen LogP contribution in [0.4, 0.5) is 0 Å². The summed E-state index contributed by atoms with van der Waals surface area (Å²) in [7, 11) is 3.22. The Morgan fingerprint density at radius 3 is 2.65 bits per heavy atom. The maximum Gasteiger partial charge on any atom is 0.169 e. The van der Waals surface area contributed by atoms with E-state index in [4.69, 9.17) is 14.2 Å². The minimum Gasteiger partial charge on any atom is -0.497 e. The maximum atomic E-state index is 12.6. The number of hydrogen-bond acceptors (Lipinski definition) is 4. The second-order valence-corrected chi connectivity index (χ2v) is 5.72. The molecule has 0 spiro atoms. The molecular weight excluding hydrogens is 324 g/mol. The van der Waals surface area contributed by atoms with Gasteiger partial charge in [-0.2, -0.15) is 0 Å². The Morgan fingerprint density at radius 2 is 2.05 bits per heavy atom. The summed E-state index contributed by atoms with van der Waals surface area (Å²) in [5, 5.41) is 0. The molecule has 0 unspecified atom stereocenters. The van der Waals surface area contributed by atoms with Crippen molar-refractivity contribution in [3.63, 3.8) is 0 Å². The molecule has 110 valence electrons. The topological polar surface area (TPSA) is 44.8 Å². The Bertz CT molecular complexity index is 481. The zero-order valence-electron chi connectivity index (χ0n) is 11.8. The predicted octanol–water partition coefficient (Wildman–Crippen LogP) is 2.76. The van der Waals surface area contributed by atoms with Gasteiger partial charge in [0.25, 0.3) is 0 Å². The van der Waals surface area contributed by atoms with E-state index in [0.717, 1.165) is 15.8 Å². The van der Waals surface area contributed by atoms with Crippen LogP contribution in [0.1, 0.15) is 18.4 Å². The zero-order chi connectivity index (χ0) is 14.6. The third kappa shape index (κ3) is 3.22. The van der Waals surface area contributed by atoms with E-state index in [1.807, 2.05) is 18.2 Å². The van der Waals surface area contributed by atoms with Crippen molar-refractivity contribution in [3.05, 3.63) is 28.2 Å². The number of rotatable bonds is 5. The molecule has 1 fully saturated rings. The van der Waals surface area contributed by atoms with Gasteiger partial charge in [0.15, 0.2) is 5.78 Å². The highest BCUT2D eigenvalue weighted by Crippen LogP contribution is 2.29. The van der Waals surface area contributed by atoms with Gasteiger partial charge < -0.3 is 14.2 Å². The lowest BCUT2D eigenvalue weighted by Gasteiger charge is -2.34. The van der Waals surface area contributed by atoms with Crippen molar-refractivity contribution in [3.8, 4) is 5.75 Å². The van der Waals surface area contributed by atoms with Gasteiger partial charge in [0.05, 0.1) is 7.11 Å². The molecule has 5 heteroatoms. The van der Waals surface area contributed by atoms with Crippen molar-refractivity contribution in [2.75, 3.05) is 27.4 Å². The second-order valence-electron chi connectivity index (χ2n) is 4.87. The smallest absolute Gasteiger partial charge is 0.169 e. The molecule has 1 heterocycles. The standard InChI is InChI=1S/C15H19BrO4/c1-18-12-3-4-13(16)11(9-12)10-14(17)15(19-2)5-7-20-8-6-15/h3-4,9H,5-8,10H2,1-2H3. The highest BCUT2D eigenvalue weighted by Gasteiger charge is 2.39. The van der Waals surface area contributed by atoms with Crippen LogP contribution in [0.25, 0.3) is 0 Å². The van der Waals surface area contributed by atoms with E-state index >= 15 is 0 Å². The van der Waals surface area contributed by atoms with Crippen molar-refractivity contribution < 1.29 is 19.0 Å². The van der Waals surface area contributed by atoms with Crippen LogP contribution in [-0.2, 0) is 20.7 Å².